The Kier molecular flexibility index (Phi) is 6.08. The van der Waals surface area contributed by atoms with E-state index in [4.69, 9.17) is 5.26 Å². The van der Waals surface area contributed by atoms with Gasteiger partial charge in [0.2, 0.25) is 5.91 Å². The molecular formula is C18H16F4N4O2. The molecule has 1 aromatic carbocycles. The summed E-state index contributed by atoms with van der Waals surface area (Å²) < 4.78 is 52.3. The number of benzene rings is 1. The molecule has 1 heterocycles. The zero-order valence-corrected chi connectivity index (χ0v) is 14.9. The maximum atomic E-state index is 13.3. The number of carbonyl (C=O) groups excluding carboxylic acids is 2. The summed E-state index contributed by atoms with van der Waals surface area (Å²) in [6.45, 7) is 0.833. The maximum Gasteiger partial charge on any atom is 0.408 e. The second-order valence-corrected chi connectivity index (χ2v) is 6.10. The van der Waals surface area contributed by atoms with E-state index in [9.17, 15) is 27.2 Å². The number of anilines is 1. The molecule has 0 saturated heterocycles. The van der Waals surface area contributed by atoms with Crippen LogP contribution in [-0.2, 0) is 18.3 Å². The van der Waals surface area contributed by atoms with Crippen molar-refractivity contribution in [2.75, 3.05) is 5.32 Å². The summed E-state index contributed by atoms with van der Waals surface area (Å²) in [5.41, 5.74) is 0.443. The summed E-state index contributed by atoms with van der Waals surface area (Å²) in [5, 5.41) is 13.2. The van der Waals surface area contributed by atoms with E-state index in [0.717, 1.165) is 13.0 Å². The first kappa shape index (κ1) is 21.0. The van der Waals surface area contributed by atoms with Crippen molar-refractivity contribution in [2.45, 2.75) is 25.6 Å². The molecule has 0 aliphatic carbocycles. The van der Waals surface area contributed by atoms with E-state index in [1.807, 2.05) is 5.32 Å². The van der Waals surface area contributed by atoms with E-state index in [1.165, 1.54) is 36.0 Å². The van der Waals surface area contributed by atoms with E-state index in [-0.39, 0.29) is 23.2 Å². The zero-order chi connectivity index (χ0) is 21.1. The summed E-state index contributed by atoms with van der Waals surface area (Å²) in [6, 6.07) is 4.52. The number of alkyl halides is 3. The van der Waals surface area contributed by atoms with Gasteiger partial charge in [-0.25, -0.2) is 4.39 Å². The zero-order valence-electron chi connectivity index (χ0n) is 14.9. The Morgan fingerprint density at radius 3 is 2.57 bits per heavy atom. The Morgan fingerprint density at radius 1 is 1.29 bits per heavy atom. The smallest absolute Gasteiger partial charge is 0.353 e. The summed E-state index contributed by atoms with van der Waals surface area (Å²) >= 11 is 0. The van der Waals surface area contributed by atoms with Gasteiger partial charge in [-0.05, 0) is 31.2 Å². The predicted octanol–water partition coefficient (Wildman–Crippen LogP) is 2.90. The summed E-state index contributed by atoms with van der Waals surface area (Å²) in [7, 11) is 1.54. The van der Waals surface area contributed by atoms with Crippen molar-refractivity contribution in [3.05, 3.63) is 53.1 Å². The molecule has 1 atom stereocenters. The average molecular weight is 396 g/mol. The van der Waals surface area contributed by atoms with Gasteiger partial charge in [0, 0.05) is 24.6 Å². The van der Waals surface area contributed by atoms with Gasteiger partial charge in [-0.1, -0.05) is 0 Å². The molecular weight excluding hydrogens is 380 g/mol. The standard InChI is InChI=1S/C18H16F4N4O2/c1-10(18(20,21)22)24-16(27)7-14-6-12(9-26(14)2)17(28)25-13-3-4-15(19)11(5-13)8-23/h3-6,9-10H,7H2,1-2H3,(H,24,27)(H,25,28)/t10-/m0/s1. The summed E-state index contributed by atoms with van der Waals surface area (Å²) in [6.07, 6.45) is -3.49. The second kappa shape index (κ2) is 8.12. The van der Waals surface area contributed by atoms with Crippen LogP contribution in [0.5, 0.6) is 0 Å². The lowest BCUT2D eigenvalue weighted by atomic mass is 10.2. The first-order valence-electron chi connectivity index (χ1n) is 8.03. The van der Waals surface area contributed by atoms with Gasteiger partial charge in [0.05, 0.1) is 17.5 Å². The molecule has 0 radical (unpaired) electrons. The van der Waals surface area contributed by atoms with Crippen LogP contribution in [-0.4, -0.2) is 28.6 Å². The summed E-state index contributed by atoms with van der Waals surface area (Å²) in [5.74, 6) is -2.14. The quantitative estimate of drug-likeness (QED) is 0.762. The molecule has 28 heavy (non-hydrogen) atoms. The fourth-order valence-electron chi connectivity index (χ4n) is 2.34. The molecule has 0 fully saturated rings. The highest BCUT2D eigenvalue weighted by atomic mass is 19.4. The number of nitrogens with one attached hydrogen (secondary N) is 2. The number of rotatable bonds is 5. The highest BCUT2D eigenvalue weighted by Gasteiger charge is 2.36. The fourth-order valence-corrected chi connectivity index (χ4v) is 2.34. The molecule has 0 bridgehead atoms. The van der Waals surface area contributed by atoms with Crippen LogP contribution in [0.4, 0.5) is 23.2 Å². The van der Waals surface area contributed by atoms with Crippen LogP contribution in [0.1, 0.15) is 28.5 Å². The van der Waals surface area contributed by atoms with Gasteiger partial charge in [-0.15, -0.1) is 0 Å². The SMILES string of the molecule is C[C@H](NC(=O)Cc1cc(C(=O)Nc2ccc(F)c(C#N)c2)cn1C)C(F)(F)F. The van der Waals surface area contributed by atoms with Gasteiger partial charge in [0.1, 0.15) is 17.9 Å². The third kappa shape index (κ3) is 5.09. The monoisotopic (exact) mass is 396 g/mol. The minimum atomic E-state index is -4.55. The molecule has 2 aromatic rings. The van der Waals surface area contributed by atoms with E-state index in [1.54, 1.807) is 6.07 Å². The first-order valence-corrected chi connectivity index (χ1v) is 8.03. The Bertz CT molecular complexity index is 944. The molecule has 0 spiro atoms. The van der Waals surface area contributed by atoms with Gasteiger partial charge in [-0.3, -0.25) is 9.59 Å². The van der Waals surface area contributed by atoms with Gasteiger partial charge >= 0.3 is 6.18 Å². The molecule has 0 aliphatic heterocycles. The van der Waals surface area contributed by atoms with Crippen molar-refractivity contribution in [3.8, 4) is 6.07 Å². The number of hydrogen-bond acceptors (Lipinski definition) is 3. The Labute approximate surface area is 157 Å². The van der Waals surface area contributed by atoms with Gasteiger partial charge in [0.15, 0.2) is 0 Å². The van der Waals surface area contributed by atoms with Crippen LogP contribution in [0.25, 0.3) is 0 Å². The molecule has 0 unspecified atom stereocenters. The molecule has 1 aromatic heterocycles. The normalized spacial score (nSPS) is 12.2. The van der Waals surface area contributed by atoms with E-state index >= 15 is 0 Å². The van der Waals surface area contributed by atoms with Crippen LogP contribution in [0.2, 0.25) is 0 Å². The van der Waals surface area contributed by atoms with E-state index < -0.39 is 29.8 Å². The maximum absolute atomic E-state index is 13.3. The molecule has 2 N–H and O–H groups in total. The van der Waals surface area contributed by atoms with Crippen molar-refractivity contribution in [2.24, 2.45) is 7.05 Å². The Balaban J connectivity index is 2.08. The molecule has 0 aliphatic rings. The molecule has 148 valence electrons. The number of amides is 2. The van der Waals surface area contributed by atoms with Gasteiger partial charge in [0.25, 0.3) is 5.91 Å². The molecule has 6 nitrogen and oxygen atoms in total. The fraction of sp³-hybridized carbons (Fsp3) is 0.278. The third-order valence-electron chi connectivity index (χ3n) is 3.92. The van der Waals surface area contributed by atoms with E-state index in [2.05, 4.69) is 5.32 Å². The molecule has 2 rings (SSSR count). The first-order chi connectivity index (χ1) is 13.0. The Hall–Kier alpha value is -3.35. The minimum absolute atomic E-state index is 0.150. The van der Waals surface area contributed by atoms with Crippen molar-refractivity contribution in [1.29, 1.82) is 5.26 Å². The minimum Gasteiger partial charge on any atom is -0.353 e. The van der Waals surface area contributed by atoms with Crippen LogP contribution in [0.3, 0.4) is 0 Å². The third-order valence-corrected chi connectivity index (χ3v) is 3.92. The molecule has 0 saturated carbocycles. The van der Waals surface area contributed by atoms with Crippen molar-refractivity contribution >= 4 is 17.5 Å². The number of aryl methyl sites for hydroxylation is 1. The number of halogens is 4. The van der Waals surface area contributed by atoms with Gasteiger partial charge < -0.3 is 15.2 Å². The summed E-state index contributed by atoms with van der Waals surface area (Å²) in [4.78, 5) is 24.1. The number of aromatic nitrogens is 1. The topological polar surface area (TPSA) is 86.9 Å². The van der Waals surface area contributed by atoms with Crippen molar-refractivity contribution in [1.82, 2.24) is 9.88 Å². The number of nitriles is 1. The van der Waals surface area contributed by atoms with E-state index in [0.29, 0.717) is 5.69 Å². The van der Waals surface area contributed by atoms with Crippen LogP contribution < -0.4 is 10.6 Å². The highest BCUT2D eigenvalue weighted by molar-refractivity contribution is 6.04. The van der Waals surface area contributed by atoms with Crippen molar-refractivity contribution < 1.29 is 27.2 Å². The largest absolute Gasteiger partial charge is 0.408 e. The lowest BCUT2D eigenvalue weighted by molar-refractivity contribution is -0.157. The highest BCUT2D eigenvalue weighted by Crippen LogP contribution is 2.20. The lowest BCUT2D eigenvalue weighted by Crippen LogP contribution is -2.43. The number of hydrogen-bond donors (Lipinski definition) is 2. The average Bonchev–Trinajstić information content (AvgIpc) is 2.96. The number of nitrogens with zero attached hydrogens (tertiary/aromatic N) is 2. The van der Waals surface area contributed by atoms with Crippen LogP contribution >= 0.6 is 0 Å². The predicted molar refractivity (Wildman–Crippen MR) is 91.8 cm³/mol. The molecule has 2 amide bonds. The van der Waals surface area contributed by atoms with Crippen molar-refractivity contribution in [3.63, 3.8) is 0 Å². The lowest BCUT2D eigenvalue weighted by Gasteiger charge is -2.17. The molecule has 10 heteroatoms. The Morgan fingerprint density at radius 2 is 1.96 bits per heavy atom. The van der Waals surface area contributed by atoms with Crippen LogP contribution in [0, 0.1) is 17.1 Å². The van der Waals surface area contributed by atoms with Crippen LogP contribution in [0.15, 0.2) is 30.5 Å². The van der Waals surface area contributed by atoms with Gasteiger partial charge in [-0.2, -0.15) is 18.4 Å². The second-order valence-electron chi connectivity index (χ2n) is 6.10. The number of carbonyl (C=O) groups is 2.